The molecule has 168 valence electrons. The van der Waals surface area contributed by atoms with Crippen molar-refractivity contribution in [3.63, 3.8) is 0 Å². The highest BCUT2D eigenvalue weighted by Gasteiger charge is 2.25. The third-order valence-corrected chi connectivity index (χ3v) is 4.64. The first-order valence-electron chi connectivity index (χ1n) is 10.2. The van der Waals surface area contributed by atoms with Gasteiger partial charge in [-0.15, -0.1) is 0 Å². The van der Waals surface area contributed by atoms with Crippen molar-refractivity contribution >= 4 is 12.1 Å². The second kappa shape index (κ2) is 10.9. The summed E-state index contributed by atoms with van der Waals surface area (Å²) in [6.45, 7) is 10.6. The fraction of sp³-hybridized carbons (Fsp3) is 0.619. The Kier molecular flexibility index (Phi) is 8.58. The average Bonchev–Trinajstić information content (AvgIpc) is 2.71. The van der Waals surface area contributed by atoms with E-state index in [-0.39, 0.29) is 6.09 Å². The lowest BCUT2D eigenvalue weighted by Gasteiger charge is -2.35. The molecule has 0 spiro atoms. The van der Waals surface area contributed by atoms with Crippen molar-refractivity contribution in [2.24, 2.45) is 10.7 Å². The standard InChI is InChI=1S/C21H35N5O4/c1-21(2,3)30-20(27)26-12-10-25(11-13-26)9-8-23-19(22)24-15-16-6-7-17(28-4)18(14-16)29-5/h6-7,14H,8-13,15H2,1-5H3,(H3,22,23,24). The largest absolute Gasteiger partial charge is 0.493 e. The summed E-state index contributed by atoms with van der Waals surface area (Å²) in [7, 11) is 3.21. The summed E-state index contributed by atoms with van der Waals surface area (Å²) in [5.74, 6) is 1.75. The molecule has 1 aromatic rings. The van der Waals surface area contributed by atoms with Gasteiger partial charge < -0.3 is 30.2 Å². The summed E-state index contributed by atoms with van der Waals surface area (Å²) in [6.07, 6.45) is -0.244. The molecule has 0 bridgehead atoms. The zero-order chi connectivity index (χ0) is 22.1. The average molecular weight is 422 g/mol. The Morgan fingerprint density at radius 2 is 1.80 bits per heavy atom. The molecule has 30 heavy (non-hydrogen) atoms. The minimum atomic E-state index is -0.466. The number of rotatable bonds is 7. The van der Waals surface area contributed by atoms with Gasteiger partial charge in [-0.05, 0) is 38.5 Å². The molecule has 0 atom stereocenters. The topological polar surface area (TPSA) is 102 Å². The fourth-order valence-electron chi connectivity index (χ4n) is 3.03. The highest BCUT2D eigenvalue weighted by Crippen LogP contribution is 2.27. The summed E-state index contributed by atoms with van der Waals surface area (Å²) < 4.78 is 16.0. The van der Waals surface area contributed by atoms with Crippen molar-refractivity contribution < 1.29 is 19.0 Å². The molecule has 1 aliphatic rings. The van der Waals surface area contributed by atoms with Crippen molar-refractivity contribution in [1.82, 2.24) is 15.1 Å². The summed E-state index contributed by atoms with van der Waals surface area (Å²) in [6, 6.07) is 5.67. The number of nitrogens with one attached hydrogen (secondary N) is 1. The molecule has 0 aliphatic carbocycles. The van der Waals surface area contributed by atoms with E-state index in [9.17, 15) is 4.79 Å². The van der Waals surface area contributed by atoms with E-state index in [1.165, 1.54) is 0 Å². The van der Waals surface area contributed by atoms with Crippen LogP contribution in [-0.4, -0.2) is 80.9 Å². The predicted octanol–water partition coefficient (Wildman–Crippen LogP) is 1.66. The lowest BCUT2D eigenvalue weighted by Crippen LogP contribution is -2.51. The zero-order valence-electron chi connectivity index (χ0n) is 18.7. The van der Waals surface area contributed by atoms with Gasteiger partial charge in [0.25, 0.3) is 0 Å². The van der Waals surface area contributed by atoms with E-state index in [0.29, 0.717) is 43.6 Å². The van der Waals surface area contributed by atoms with E-state index in [1.54, 1.807) is 19.1 Å². The molecule has 0 saturated carbocycles. The Hall–Kier alpha value is -2.68. The minimum absolute atomic E-state index is 0.244. The maximum absolute atomic E-state index is 12.1. The lowest BCUT2D eigenvalue weighted by atomic mass is 10.2. The number of hydrogen-bond acceptors (Lipinski definition) is 6. The molecule has 1 amide bonds. The van der Waals surface area contributed by atoms with Crippen LogP contribution in [0.3, 0.4) is 0 Å². The Morgan fingerprint density at radius 1 is 1.13 bits per heavy atom. The Labute approximate surface area is 179 Å². The van der Waals surface area contributed by atoms with Crippen LogP contribution in [0.5, 0.6) is 11.5 Å². The second-order valence-electron chi connectivity index (χ2n) is 8.13. The van der Waals surface area contributed by atoms with Gasteiger partial charge in [-0.2, -0.15) is 0 Å². The highest BCUT2D eigenvalue weighted by molar-refractivity contribution is 5.77. The van der Waals surface area contributed by atoms with Crippen LogP contribution in [0.4, 0.5) is 4.79 Å². The van der Waals surface area contributed by atoms with Crippen LogP contribution in [-0.2, 0) is 11.3 Å². The van der Waals surface area contributed by atoms with Crippen LogP contribution in [0, 0.1) is 0 Å². The number of carbonyl (C=O) groups is 1. The smallest absolute Gasteiger partial charge is 0.410 e. The van der Waals surface area contributed by atoms with E-state index in [2.05, 4.69) is 15.2 Å². The number of aliphatic imine (C=N–C) groups is 1. The second-order valence-corrected chi connectivity index (χ2v) is 8.13. The maximum atomic E-state index is 12.1. The van der Waals surface area contributed by atoms with Crippen LogP contribution in [0.25, 0.3) is 0 Å². The van der Waals surface area contributed by atoms with Crippen molar-refractivity contribution in [3.05, 3.63) is 23.8 Å². The van der Waals surface area contributed by atoms with Crippen LogP contribution in [0.2, 0.25) is 0 Å². The molecule has 0 aromatic heterocycles. The number of ether oxygens (including phenoxy) is 3. The molecular formula is C21H35N5O4. The van der Waals surface area contributed by atoms with Crippen LogP contribution >= 0.6 is 0 Å². The molecule has 2 rings (SSSR count). The quantitative estimate of drug-likeness (QED) is 0.510. The van der Waals surface area contributed by atoms with Gasteiger partial charge in [0, 0.05) is 39.3 Å². The third-order valence-electron chi connectivity index (χ3n) is 4.64. The molecule has 9 nitrogen and oxygen atoms in total. The minimum Gasteiger partial charge on any atom is -0.493 e. The molecule has 1 saturated heterocycles. The number of amides is 1. The van der Waals surface area contributed by atoms with Crippen molar-refractivity contribution in [1.29, 1.82) is 0 Å². The summed E-state index contributed by atoms with van der Waals surface area (Å²) in [5.41, 5.74) is 6.50. The van der Waals surface area contributed by atoms with Gasteiger partial charge in [0.1, 0.15) is 5.60 Å². The zero-order valence-corrected chi connectivity index (χ0v) is 18.7. The number of benzene rings is 1. The normalized spacial score (nSPS) is 15.6. The van der Waals surface area contributed by atoms with Gasteiger partial charge in [-0.1, -0.05) is 6.07 Å². The summed E-state index contributed by atoms with van der Waals surface area (Å²) >= 11 is 0. The first-order valence-corrected chi connectivity index (χ1v) is 10.2. The molecule has 1 heterocycles. The maximum Gasteiger partial charge on any atom is 0.410 e. The molecule has 1 fully saturated rings. The third kappa shape index (κ3) is 7.62. The molecule has 3 N–H and O–H groups in total. The number of guanidine groups is 1. The highest BCUT2D eigenvalue weighted by atomic mass is 16.6. The molecular weight excluding hydrogens is 386 g/mol. The van der Waals surface area contributed by atoms with Gasteiger partial charge in [0.2, 0.25) is 0 Å². The fourth-order valence-corrected chi connectivity index (χ4v) is 3.03. The van der Waals surface area contributed by atoms with Gasteiger partial charge >= 0.3 is 6.09 Å². The van der Waals surface area contributed by atoms with Crippen molar-refractivity contribution in [2.45, 2.75) is 32.9 Å². The molecule has 0 unspecified atom stereocenters. The number of piperazine rings is 1. The number of nitrogens with zero attached hydrogens (tertiary/aromatic N) is 3. The molecule has 1 aromatic carbocycles. The molecule has 9 heteroatoms. The van der Waals surface area contributed by atoms with Crippen LogP contribution in [0.15, 0.2) is 23.2 Å². The van der Waals surface area contributed by atoms with Crippen molar-refractivity contribution in [3.8, 4) is 11.5 Å². The van der Waals surface area contributed by atoms with E-state index in [1.807, 2.05) is 39.0 Å². The van der Waals surface area contributed by atoms with E-state index < -0.39 is 5.60 Å². The Bertz CT molecular complexity index is 725. The Morgan fingerprint density at radius 3 is 2.40 bits per heavy atom. The molecule has 1 aliphatic heterocycles. The van der Waals surface area contributed by atoms with E-state index in [0.717, 1.165) is 25.2 Å². The number of hydrogen-bond donors (Lipinski definition) is 2. The number of carbonyl (C=O) groups excluding carboxylic acids is 1. The SMILES string of the molecule is COc1ccc(CN=C(N)NCCN2CCN(C(=O)OC(C)(C)C)CC2)cc1OC. The predicted molar refractivity (Wildman–Crippen MR) is 117 cm³/mol. The van der Waals surface area contributed by atoms with Crippen molar-refractivity contribution in [2.75, 3.05) is 53.5 Å². The van der Waals surface area contributed by atoms with Gasteiger partial charge in [0.15, 0.2) is 17.5 Å². The lowest BCUT2D eigenvalue weighted by molar-refractivity contribution is 0.0147. The summed E-state index contributed by atoms with van der Waals surface area (Å²) in [4.78, 5) is 20.5. The van der Waals surface area contributed by atoms with Gasteiger partial charge in [0.05, 0.1) is 20.8 Å². The first-order chi connectivity index (χ1) is 14.2. The molecule has 0 radical (unpaired) electrons. The monoisotopic (exact) mass is 421 g/mol. The first kappa shape index (κ1) is 23.6. The van der Waals surface area contributed by atoms with E-state index in [4.69, 9.17) is 19.9 Å². The Balaban J connectivity index is 1.70. The van der Waals surface area contributed by atoms with Crippen LogP contribution in [0.1, 0.15) is 26.3 Å². The van der Waals surface area contributed by atoms with E-state index >= 15 is 0 Å². The van der Waals surface area contributed by atoms with Crippen LogP contribution < -0.4 is 20.5 Å². The van der Waals surface area contributed by atoms with Gasteiger partial charge in [-0.3, -0.25) is 4.90 Å². The summed E-state index contributed by atoms with van der Waals surface area (Å²) in [5, 5.41) is 3.14. The number of nitrogens with two attached hydrogens (primary N) is 1. The van der Waals surface area contributed by atoms with Gasteiger partial charge in [-0.25, -0.2) is 9.79 Å². The number of methoxy groups -OCH3 is 2.